The Kier molecular flexibility index (Phi) is 2.58. The number of aromatic amines is 1. The van der Waals surface area contributed by atoms with E-state index in [1.165, 1.54) is 24.7 Å². The number of fused-ring (bicyclic) bond motifs is 2. The first-order chi connectivity index (χ1) is 9.41. The number of aryl methyl sites for hydroxylation is 1. The van der Waals surface area contributed by atoms with Gasteiger partial charge in [-0.05, 0) is 18.2 Å². The third-order valence-corrected chi connectivity index (χ3v) is 3.61. The Balaban J connectivity index is 2.76. The van der Waals surface area contributed by atoms with Crippen LogP contribution in [0.1, 0.15) is 0 Å². The summed E-state index contributed by atoms with van der Waals surface area (Å²) in [6.45, 7) is 0. The number of nitrogens with zero attached hydrogens (tertiary/aromatic N) is 2. The average molecular weight is 292 g/mol. The molecule has 1 N–H and O–H groups in total. The summed E-state index contributed by atoms with van der Waals surface area (Å²) in [6.07, 6.45) is 0. The fourth-order valence-corrected chi connectivity index (χ4v) is 2.44. The summed E-state index contributed by atoms with van der Waals surface area (Å²) in [5.41, 5.74) is -0.821. The van der Waals surface area contributed by atoms with Crippen LogP contribution in [-0.4, -0.2) is 14.1 Å². The maximum Gasteiger partial charge on any atom is 0.332 e. The smallest absolute Gasteiger partial charge is 0.332 e. The van der Waals surface area contributed by atoms with Gasteiger partial charge in [0.15, 0.2) is 0 Å². The zero-order valence-corrected chi connectivity index (χ0v) is 11.5. The molecular formula is C13H10ClN3O3. The Labute approximate surface area is 116 Å². The molecule has 0 saturated carbocycles. The number of nitrogens with one attached hydrogen (secondary N) is 1. The Morgan fingerprint density at radius 2 is 1.80 bits per heavy atom. The number of hydrogen-bond donors (Lipinski definition) is 1. The van der Waals surface area contributed by atoms with Crippen molar-refractivity contribution >= 4 is 33.5 Å². The molecule has 6 nitrogen and oxygen atoms in total. The number of H-pyrrole nitrogens is 1. The van der Waals surface area contributed by atoms with E-state index in [0.717, 1.165) is 4.57 Å². The zero-order valence-electron chi connectivity index (χ0n) is 10.7. The van der Waals surface area contributed by atoms with Crippen LogP contribution >= 0.6 is 11.6 Å². The van der Waals surface area contributed by atoms with Gasteiger partial charge in [0.2, 0.25) is 5.43 Å². The lowest BCUT2D eigenvalue weighted by Crippen LogP contribution is -2.39. The molecule has 3 aromatic rings. The topological polar surface area (TPSA) is 76.9 Å². The number of benzene rings is 1. The van der Waals surface area contributed by atoms with Crippen LogP contribution in [0, 0.1) is 0 Å². The largest absolute Gasteiger partial charge is 0.340 e. The lowest BCUT2D eigenvalue weighted by molar-refractivity contribution is 0.708. The van der Waals surface area contributed by atoms with Crippen LogP contribution in [0.2, 0.25) is 5.02 Å². The van der Waals surface area contributed by atoms with Crippen LogP contribution < -0.4 is 16.7 Å². The number of pyridine rings is 1. The molecule has 0 amide bonds. The van der Waals surface area contributed by atoms with Gasteiger partial charge in [-0.1, -0.05) is 11.6 Å². The van der Waals surface area contributed by atoms with Crippen LogP contribution in [0.5, 0.6) is 0 Å². The van der Waals surface area contributed by atoms with Gasteiger partial charge >= 0.3 is 5.69 Å². The molecule has 3 rings (SSSR count). The Bertz CT molecular complexity index is 1040. The van der Waals surface area contributed by atoms with Gasteiger partial charge in [-0.2, -0.15) is 0 Å². The molecule has 1 aromatic carbocycles. The second kappa shape index (κ2) is 4.08. The van der Waals surface area contributed by atoms with E-state index in [-0.39, 0.29) is 11.0 Å². The maximum atomic E-state index is 12.5. The first-order valence-electron chi connectivity index (χ1n) is 5.83. The average Bonchev–Trinajstić information content (AvgIpc) is 2.43. The highest BCUT2D eigenvalue weighted by Crippen LogP contribution is 2.16. The normalized spacial score (nSPS) is 11.3. The van der Waals surface area contributed by atoms with E-state index in [1.807, 2.05) is 0 Å². The fourth-order valence-electron chi connectivity index (χ4n) is 2.27. The SMILES string of the molecule is Cn1c(=O)c2c(=O)c3cc(Cl)ccc3[nH]c2n(C)c1=O. The molecule has 2 aromatic heterocycles. The zero-order chi connectivity index (χ0) is 14.6. The molecule has 0 radical (unpaired) electrons. The number of rotatable bonds is 0. The molecule has 7 heteroatoms. The van der Waals surface area contributed by atoms with Crippen LogP contribution in [0.15, 0.2) is 32.6 Å². The summed E-state index contributed by atoms with van der Waals surface area (Å²) in [4.78, 5) is 39.4. The van der Waals surface area contributed by atoms with Gasteiger partial charge in [-0.15, -0.1) is 0 Å². The minimum absolute atomic E-state index is 0.0515. The van der Waals surface area contributed by atoms with Crippen molar-refractivity contribution in [1.29, 1.82) is 0 Å². The van der Waals surface area contributed by atoms with E-state index < -0.39 is 16.7 Å². The van der Waals surface area contributed by atoms with Crippen molar-refractivity contribution in [3.63, 3.8) is 0 Å². The molecule has 0 atom stereocenters. The highest BCUT2D eigenvalue weighted by atomic mass is 35.5. The molecule has 102 valence electrons. The lowest BCUT2D eigenvalue weighted by atomic mass is 10.1. The second-order valence-electron chi connectivity index (χ2n) is 4.57. The van der Waals surface area contributed by atoms with Gasteiger partial charge in [-0.3, -0.25) is 18.7 Å². The van der Waals surface area contributed by atoms with E-state index in [1.54, 1.807) is 12.1 Å². The summed E-state index contributed by atoms with van der Waals surface area (Å²) in [7, 11) is 2.84. The first-order valence-corrected chi connectivity index (χ1v) is 6.21. The van der Waals surface area contributed by atoms with Crippen molar-refractivity contribution < 1.29 is 0 Å². The molecule has 0 saturated heterocycles. The summed E-state index contributed by atoms with van der Waals surface area (Å²) < 4.78 is 2.15. The third kappa shape index (κ3) is 1.55. The highest BCUT2D eigenvalue weighted by Gasteiger charge is 2.14. The van der Waals surface area contributed by atoms with Gasteiger partial charge in [0, 0.05) is 24.5 Å². The van der Waals surface area contributed by atoms with Crippen LogP contribution in [-0.2, 0) is 14.1 Å². The van der Waals surface area contributed by atoms with Crippen LogP contribution in [0.25, 0.3) is 21.9 Å². The van der Waals surface area contributed by atoms with E-state index in [4.69, 9.17) is 11.6 Å². The van der Waals surface area contributed by atoms with E-state index in [2.05, 4.69) is 4.98 Å². The van der Waals surface area contributed by atoms with E-state index >= 15 is 0 Å². The Morgan fingerprint density at radius 1 is 1.10 bits per heavy atom. The van der Waals surface area contributed by atoms with Crippen molar-refractivity contribution in [3.05, 3.63) is 54.3 Å². The lowest BCUT2D eigenvalue weighted by Gasteiger charge is -2.08. The third-order valence-electron chi connectivity index (χ3n) is 3.37. The minimum Gasteiger partial charge on any atom is -0.340 e. The van der Waals surface area contributed by atoms with Crippen molar-refractivity contribution in [2.24, 2.45) is 14.1 Å². The van der Waals surface area contributed by atoms with Crippen LogP contribution in [0.3, 0.4) is 0 Å². The van der Waals surface area contributed by atoms with E-state index in [9.17, 15) is 14.4 Å². The Hall–Kier alpha value is -2.34. The van der Waals surface area contributed by atoms with E-state index in [0.29, 0.717) is 15.9 Å². The van der Waals surface area contributed by atoms with Gasteiger partial charge in [-0.25, -0.2) is 4.79 Å². The molecule has 0 aliphatic heterocycles. The van der Waals surface area contributed by atoms with Gasteiger partial charge in [0.05, 0.1) is 5.52 Å². The van der Waals surface area contributed by atoms with Gasteiger partial charge < -0.3 is 4.98 Å². The standard InChI is InChI=1S/C13H10ClN3O3/c1-16-11-9(12(19)17(2)13(16)20)10(18)7-5-6(14)3-4-8(7)15-11/h3-5H,1-2H3,(H,15,18). The fraction of sp³-hybridized carbons (Fsp3) is 0.154. The summed E-state index contributed by atoms with van der Waals surface area (Å²) in [5, 5.41) is 0.675. The number of hydrogen-bond acceptors (Lipinski definition) is 3. The second-order valence-corrected chi connectivity index (χ2v) is 5.01. The highest BCUT2D eigenvalue weighted by molar-refractivity contribution is 6.31. The van der Waals surface area contributed by atoms with Gasteiger partial charge in [0.1, 0.15) is 11.0 Å². The summed E-state index contributed by atoms with van der Waals surface area (Å²) in [5.74, 6) is 0. The molecule has 0 bridgehead atoms. The van der Waals surface area contributed by atoms with Crippen molar-refractivity contribution in [1.82, 2.24) is 14.1 Å². The first kappa shape index (κ1) is 12.7. The molecule has 0 spiro atoms. The van der Waals surface area contributed by atoms with Crippen molar-refractivity contribution in [2.45, 2.75) is 0 Å². The Morgan fingerprint density at radius 3 is 2.50 bits per heavy atom. The monoisotopic (exact) mass is 291 g/mol. The molecule has 0 aliphatic carbocycles. The molecule has 0 aliphatic rings. The molecule has 0 fully saturated rings. The summed E-state index contributed by atoms with van der Waals surface area (Å²) >= 11 is 5.88. The maximum absolute atomic E-state index is 12.5. The molecule has 20 heavy (non-hydrogen) atoms. The number of aromatic nitrogens is 3. The van der Waals surface area contributed by atoms with Crippen LogP contribution in [0.4, 0.5) is 0 Å². The van der Waals surface area contributed by atoms with Crippen molar-refractivity contribution in [3.8, 4) is 0 Å². The number of halogens is 1. The molecule has 2 heterocycles. The molecular weight excluding hydrogens is 282 g/mol. The minimum atomic E-state index is -0.619. The predicted molar refractivity (Wildman–Crippen MR) is 77.6 cm³/mol. The molecule has 0 unspecified atom stereocenters. The van der Waals surface area contributed by atoms with Crippen molar-refractivity contribution in [2.75, 3.05) is 0 Å². The van der Waals surface area contributed by atoms with Gasteiger partial charge in [0.25, 0.3) is 5.56 Å². The quantitative estimate of drug-likeness (QED) is 0.620. The summed E-state index contributed by atoms with van der Waals surface area (Å²) in [6, 6.07) is 4.77. The predicted octanol–water partition coefficient (Wildman–Crippen LogP) is 0.732.